The van der Waals surface area contributed by atoms with Gasteiger partial charge in [0.05, 0.1) is 10.6 Å². The third kappa shape index (κ3) is 3.98. The molecule has 0 atom stereocenters. The van der Waals surface area contributed by atoms with Gasteiger partial charge >= 0.3 is 0 Å². The van der Waals surface area contributed by atoms with E-state index in [1.807, 2.05) is 25.1 Å². The molecule has 0 spiro atoms. The van der Waals surface area contributed by atoms with Crippen LogP contribution < -0.4 is 4.72 Å². The maximum absolute atomic E-state index is 12.8. The number of hydrogen-bond acceptors (Lipinski definition) is 4. The molecule has 140 valence electrons. The number of benzene rings is 2. The maximum atomic E-state index is 12.8. The molecule has 1 heterocycles. The number of fused-ring (bicyclic) bond motifs is 1. The van der Waals surface area contributed by atoms with Crippen LogP contribution in [-0.2, 0) is 38.8 Å². The van der Waals surface area contributed by atoms with Gasteiger partial charge in [-0.3, -0.25) is 0 Å². The summed E-state index contributed by atoms with van der Waals surface area (Å²) in [4.78, 5) is 0.150. The third-order valence-electron chi connectivity index (χ3n) is 4.56. The van der Waals surface area contributed by atoms with Gasteiger partial charge in [0, 0.05) is 13.1 Å². The first kappa shape index (κ1) is 19.0. The van der Waals surface area contributed by atoms with E-state index in [0.717, 1.165) is 22.3 Å². The van der Waals surface area contributed by atoms with E-state index in [-0.39, 0.29) is 17.2 Å². The van der Waals surface area contributed by atoms with Crippen molar-refractivity contribution in [3.63, 3.8) is 0 Å². The molecular weight excluding hydrogens is 372 g/mol. The minimum Gasteiger partial charge on any atom is -0.214 e. The minimum absolute atomic E-state index is 0.0570. The fraction of sp³-hybridized carbons (Fsp3) is 0.333. The van der Waals surface area contributed by atoms with Gasteiger partial charge in [0.25, 0.3) is 0 Å². The Labute approximate surface area is 155 Å². The minimum atomic E-state index is -3.56. The van der Waals surface area contributed by atoms with Crippen LogP contribution in [0.2, 0.25) is 0 Å². The highest BCUT2D eigenvalue weighted by atomic mass is 32.2. The number of sulfonamides is 2. The maximum Gasteiger partial charge on any atom is 0.240 e. The molecule has 0 aromatic heterocycles. The van der Waals surface area contributed by atoms with Crippen LogP contribution in [-0.4, -0.2) is 34.7 Å². The molecule has 26 heavy (non-hydrogen) atoms. The van der Waals surface area contributed by atoms with Gasteiger partial charge in [-0.25, -0.2) is 21.6 Å². The first-order valence-corrected chi connectivity index (χ1v) is 11.4. The summed E-state index contributed by atoms with van der Waals surface area (Å²) in [6.45, 7) is 2.52. The lowest BCUT2D eigenvalue weighted by Gasteiger charge is -2.28. The highest BCUT2D eigenvalue weighted by molar-refractivity contribution is 7.89. The molecule has 2 aromatic carbocycles. The predicted molar refractivity (Wildman–Crippen MR) is 101 cm³/mol. The Morgan fingerprint density at radius 3 is 2.50 bits per heavy atom. The second-order valence-electron chi connectivity index (χ2n) is 6.47. The summed E-state index contributed by atoms with van der Waals surface area (Å²) in [5, 5.41) is 0. The normalized spacial score (nSPS) is 15.6. The van der Waals surface area contributed by atoms with Gasteiger partial charge in [0.1, 0.15) is 0 Å². The van der Waals surface area contributed by atoms with E-state index in [2.05, 4.69) is 4.72 Å². The van der Waals surface area contributed by atoms with Gasteiger partial charge in [-0.1, -0.05) is 35.9 Å². The van der Waals surface area contributed by atoms with E-state index in [1.54, 1.807) is 24.3 Å². The van der Waals surface area contributed by atoms with Crippen molar-refractivity contribution >= 4 is 20.0 Å². The lowest BCUT2D eigenvalue weighted by Crippen LogP contribution is -2.37. The zero-order valence-corrected chi connectivity index (χ0v) is 16.4. The van der Waals surface area contributed by atoms with Crippen molar-refractivity contribution in [2.75, 3.05) is 13.6 Å². The van der Waals surface area contributed by atoms with Crippen LogP contribution in [0.4, 0.5) is 0 Å². The Morgan fingerprint density at radius 2 is 1.81 bits per heavy atom. The molecule has 0 saturated carbocycles. The van der Waals surface area contributed by atoms with Crippen LogP contribution in [0.15, 0.2) is 47.4 Å². The molecule has 0 radical (unpaired) electrons. The highest BCUT2D eigenvalue weighted by Gasteiger charge is 2.28. The first-order valence-electron chi connectivity index (χ1n) is 8.30. The monoisotopic (exact) mass is 394 g/mol. The quantitative estimate of drug-likeness (QED) is 0.838. The van der Waals surface area contributed by atoms with Crippen LogP contribution in [0, 0.1) is 6.92 Å². The van der Waals surface area contributed by atoms with Gasteiger partial charge < -0.3 is 0 Å². The Kier molecular flexibility index (Phi) is 5.21. The molecule has 0 bridgehead atoms. The van der Waals surface area contributed by atoms with Gasteiger partial charge in [0.2, 0.25) is 20.0 Å². The summed E-state index contributed by atoms with van der Waals surface area (Å²) in [6, 6.07) is 12.3. The number of hydrogen-bond donors (Lipinski definition) is 1. The fourth-order valence-electron chi connectivity index (χ4n) is 3.13. The molecule has 8 heteroatoms. The van der Waals surface area contributed by atoms with E-state index in [9.17, 15) is 16.8 Å². The van der Waals surface area contributed by atoms with Gasteiger partial charge in [-0.05, 0) is 49.2 Å². The molecule has 1 N–H and O–H groups in total. The Balaban J connectivity index is 1.86. The molecule has 0 amide bonds. The van der Waals surface area contributed by atoms with E-state index < -0.39 is 20.0 Å². The summed E-state index contributed by atoms with van der Waals surface area (Å²) in [7, 11) is -5.68. The van der Waals surface area contributed by atoms with Crippen LogP contribution in [0.25, 0.3) is 0 Å². The zero-order valence-electron chi connectivity index (χ0n) is 14.8. The van der Waals surface area contributed by atoms with Crippen molar-refractivity contribution in [2.24, 2.45) is 0 Å². The number of nitrogens with zero attached hydrogens (tertiary/aromatic N) is 1. The van der Waals surface area contributed by atoms with Gasteiger partial charge in [0.15, 0.2) is 0 Å². The van der Waals surface area contributed by atoms with Crippen molar-refractivity contribution in [1.82, 2.24) is 9.03 Å². The van der Waals surface area contributed by atoms with Crippen molar-refractivity contribution in [1.29, 1.82) is 0 Å². The molecule has 0 unspecified atom stereocenters. The molecule has 1 aliphatic heterocycles. The number of rotatable bonds is 5. The molecule has 0 saturated heterocycles. The summed E-state index contributed by atoms with van der Waals surface area (Å²) < 4.78 is 53.3. The number of nitrogens with one attached hydrogen (secondary N) is 1. The molecule has 0 aliphatic carbocycles. The molecule has 3 rings (SSSR count). The smallest absolute Gasteiger partial charge is 0.214 e. The lowest BCUT2D eigenvalue weighted by molar-refractivity contribution is 0.390. The van der Waals surface area contributed by atoms with Crippen LogP contribution in [0.1, 0.15) is 22.3 Å². The predicted octanol–water partition coefficient (Wildman–Crippen LogP) is 1.79. The Bertz CT molecular complexity index is 1030. The van der Waals surface area contributed by atoms with E-state index >= 15 is 0 Å². The van der Waals surface area contributed by atoms with Crippen molar-refractivity contribution in [3.05, 3.63) is 64.7 Å². The molecule has 6 nitrogen and oxygen atoms in total. The topological polar surface area (TPSA) is 83.6 Å². The van der Waals surface area contributed by atoms with Gasteiger partial charge in [-0.15, -0.1) is 0 Å². The largest absolute Gasteiger partial charge is 0.240 e. The SMILES string of the molecule is CNS(=O)(=O)c1ccc2c(c1)CN(S(=O)(=O)Cc1cccc(C)c1)CC2. The Hall–Kier alpha value is -1.74. The van der Waals surface area contributed by atoms with E-state index in [0.29, 0.717) is 13.0 Å². The summed E-state index contributed by atoms with van der Waals surface area (Å²) in [5.41, 5.74) is 3.49. The summed E-state index contributed by atoms with van der Waals surface area (Å²) >= 11 is 0. The van der Waals surface area contributed by atoms with Crippen LogP contribution in [0.5, 0.6) is 0 Å². The lowest BCUT2D eigenvalue weighted by atomic mass is 10.0. The standard InChI is InChI=1S/C18H22N2O4S2/c1-14-4-3-5-15(10-14)13-25(21,22)20-9-8-16-6-7-18(11-17(16)12-20)26(23,24)19-2/h3-7,10-11,19H,8-9,12-13H2,1-2H3. The van der Waals surface area contributed by atoms with Crippen LogP contribution >= 0.6 is 0 Å². The number of aryl methyl sites for hydroxylation is 1. The van der Waals surface area contributed by atoms with Gasteiger partial charge in [-0.2, -0.15) is 4.31 Å². The Morgan fingerprint density at radius 1 is 1.04 bits per heavy atom. The second-order valence-corrected chi connectivity index (χ2v) is 10.3. The van der Waals surface area contributed by atoms with E-state index in [4.69, 9.17) is 0 Å². The molecule has 2 aromatic rings. The third-order valence-corrected chi connectivity index (χ3v) is 7.77. The zero-order chi connectivity index (χ0) is 18.9. The van der Waals surface area contributed by atoms with Crippen molar-refractivity contribution in [2.45, 2.75) is 30.5 Å². The molecule has 1 aliphatic rings. The molecule has 0 fully saturated rings. The second kappa shape index (κ2) is 7.11. The molecular formula is C18H22N2O4S2. The van der Waals surface area contributed by atoms with Crippen LogP contribution in [0.3, 0.4) is 0 Å². The average Bonchev–Trinajstić information content (AvgIpc) is 2.60. The fourth-order valence-corrected chi connectivity index (χ4v) is 5.40. The van der Waals surface area contributed by atoms with E-state index in [1.165, 1.54) is 11.4 Å². The average molecular weight is 395 g/mol. The first-order chi connectivity index (χ1) is 12.2. The highest BCUT2D eigenvalue weighted by Crippen LogP contribution is 2.25. The van der Waals surface area contributed by atoms with Crippen molar-refractivity contribution < 1.29 is 16.8 Å². The van der Waals surface area contributed by atoms with Crippen molar-refractivity contribution in [3.8, 4) is 0 Å². The summed E-state index contributed by atoms with van der Waals surface area (Å²) in [5.74, 6) is -0.0570. The summed E-state index contributed by atoms with van der Waals surface area (Å²) in [6.07, 6.45) is 0.572.